The van der Waals surface area contributed by atoms with Crippen LogP contribution in [0.25, 0.3) is 0 Å². The Bertz CT molecular complexity index is 463. The maximum atomic E-state index is 4.26. The van der Waals surface area contributed by atoms with Crippen LogP contribution in [0.5, 0.6) is 0 Å². The summed E-state index contributed by atoms with van der Waals surface area (Å²) >= 11 is 0. The number of aromatic amines is 1. The van der Waals surface area contributed by atoms with Crippen molar-refractivity contribution in [1.82, 2.24) is 19.9 Å². The van der Waals surface area contributed by atoms with Gasteiger partial charge in [0.05, 0.1) is 6.54 Å². The van der Waals surface area contributed by atoms with Crippen LogP contribution >= 0.6 is 0 Å². The molecule has 0 saturated heterocycles. The maximum absolute atomic E-state index is 4.26. The predicted octanol–water partition coefficient (Wildman–Crippen LogP) is 1.68. The lowest BCUT2D eigenvalue weighted by Gasteiger charge is -2.03. The van der Waals surface area contributed by atoms with Crippen molar-refractivity contribution in [3.8, 4) is 0 Å². The van der Waals surface area contributed by atoms with E-state index in [1.807, 2.05) is 19.2 Å². The van der Waals surface area contributed by atoms with Crippen molar-refractivity contribution < 1.29 is 0 Å². The number of anilines is 1. The number of imidazole rings is 1. The highest BCUT2D eigenvalue weighted by Gasteiger charge is 1.99. The summed E-state index contributed by atoms with van der Waals surface area (Å²) in [7, 11) is 0. The first-order valence-corrected chi connectivity index (χ1v) is 5.33. The summed E-state index contributed by atoms with van der Waals surface area (Å²) in [6.45, 7) is 4.68. The standard InChI is InChI=1S/C11H15N5/c1-3-9-5-12-11(16-9)6-13-10-4-8(2)14-7-15-10/h4-5,7H,3,6H2,1-2H3,(H,12,16)(H,13,14,15). The molecule has 0 aliphatic heterocycles. The molecule has 5 heteroatoms. The number of H-pyrrole nitrogens is 1. The highest BCUT2D eigenvalue weighted by molar-refractivity contribution is 5.34. The van der Waals surface area contributed by atoms with Crippen LogP contribution in [0.3, 0.4) is 0 Å². The van der Waals surface area contributed by atoms with Crippen molar-refractivity contribution >= 4 is 5.82 Å². The van der Waals surface area contributed by atoms with Gasteiger partial charge in [0, 0.05) is 23.7 Å². The van der Waals surface area contributed by atoms with E-state index in [1.54, 1.807) is 6.33 Å². The van der Waals surface area contributed by atoms with E-state index in [4.69, 9.17) is 0 Å². The second kappa shape index (κ2) is 4.74. The Labute approximate surface area is 94.4 Å². The molecule has 84 valence electrons. The minimum Gasteiger partial charge on any atom is -0.363 e. The fourth-order valence-electron chi connectivity index (χ4n) is 1.40. The van der Waals surface area contributed by atoms with Crippen LogP contribution in [0.15, 0.2) is 18.6 Å². The summed E-state index contributed by atoms with van der Waals surface area (Å²) < 4.78 is 0. The van der Waals surface area contributed by atoms with Gasteiger partial charge in [-0.1, -0.05) is 6.92 Å². The topological polar surface area (TPSA) is 66.5 Å². The monoisotopic (exact) mass is 217 g/mol. The Morgan fingerprint density at radius 3 is 2.88 bits per heavy atom. The molecule has 0 aromatic carbocycles. The van der Waals surface area contributed by atoms with Gasteiger partial charge in [-0.25, -0.2) is 15.0 Å². The molecular weight excluding hydrogens is 202 g/mol. The van der Waals surface area contributed by atoms with Gasteiger partial charge < -0.3 is 10.3 Å². The molecule has 0 spiro atoms. The van der Waals surface area contributed by atoms with Gasteiger partial charge in [-0.05, 0) is 13.3 Å². The van der Waals surface area contributed by atoms with Gasteiger partial charge in [-0.3, -0.25) is 0 Å². The fourth-order valence-corrected chi connectivity index (χ4v) is 1.40. The second-order valence-electron chi connectivity index (χ2n) is 3.61. The Morgan fingerprint density at radius 1 is 1.31 bits per heavy atom. The molecule has 0 bridgehead atoms. The first kappa shape index (κ1) is 10.6. The summed E-state index contributed by atoms with van der Waals surface area (Å²) in [4.78, 5) is 15.6. The van der Waals surface area contributed by atoms with Crippen molar-refractivity contribution in [2.24, 2.45) is 0 Å². The molecule has 5 nitrogen and oxygen atoms in total. The normalized spacial score (nSPS) is 10.4. The van der Waals surface area contributed by atoms with Crippen LogP contribution in [-0.2, 0) is 13.0 Å². The number of nitrogens with zero attached hydrogens (tertiary/aromatic N) is 3. The average molecular weight is 217 g/mol. The van der Waals surface area contributed by atoms with Crippen molar-refractivity contribution in [3.63, 3.8) is 0 Å². The van der Waals surface area contributed by atoms with Crippen LogP contribution in [0.4, 0.5) is 5.82 Å². The van der Waals surface area contributed by atoms with E-state index < -0.39 is 0 Å². The van der Waals surface area contributed by atoms with Gasteiger partial charge in [-0.2, -0.15) is 0 Å². The molecule has 0 saturated carbocycles. The van der Waals surface area contributed by atoms with Crippen molar-refractivity contribution in [3.05, 3.63) is 35.8 Å². The maximum Gasteiger partial charge on any atom is 0.129 e. The van der Waals surface area contributed by atoms with Gasteiger partial charge in [0.2, 0.25) is 0 Å². The number of hydrogen-bond acceptors (Lipinski definition) is 4. The number of rotatable bonds is 4. The van der Waals surface area contributed by atoms with E-state index in [9.17, 15) is 0 Å². The molecule has 0 atom stereocenters. The Hall–Kier alpha value is -1.91. The third-order valence-corrected chi connectivity index (χ3v) is 2.30. The smallest absolute Gasteiger partial charge is 0.129 e. The van der Waals surface area contributed by atoms with E-state index in [2.05, 4.69) is 32.2 Å². The zero-order chi connectivity index (χ0) is 11.4. The largest absolute Gasteiger partial charge is 0.363 e. The predicted molar refractivity (Wildman–Crippen MR) is 62.1 cm³/mol. The molecule has 2 rings (SSSR count). The average Bonchev–Trinajstić information content (AvgIpc) is 2.74. The van der Waals surface area contributed by atoms with Gasteiger partial charge in [0.1, 0.15) is 18.0 Å². The molecule has 0 radical (unpaired) electrons. The van der Waals surface area contributed by atoms with Crippen LogP contribution < -0.4 is 5.32 Å². The molecule has 16 heavy (non-hydrogen) atoms. The Kier molecular flexibility index (Phi) is 3.14. The minimum atomic E-state index is 0.649. The number of nitrogens with one attached hydrogen (secondary N) is 2. The molecule has 0 amide bonds. The summed E-state index contributed by atoms with van der Waals surface area (Å²) in [5.41, 5.74) is 2.10. The van der Waals surface area contributed by atoms with Gasteiger partial charge in [0.15, 0.2) is 0 Å². The quantitative estimate of drug-likeness (QED) is 0.817. The van der Waals surface area contributed by atoms with Crippen molar-refractivity contribution in [1.29, 1.82) is 0 Å². The first-order valence-electron chi connectivity index (χ1n) is 5.33. The highest BCUT2D eigenvalue weighted by Crippen LogP contribution is 2.05. The number of aryl methyl sites for hydroxylation is 2. The number of aromatic nitrogens is 4. The first-order chi connectivity index (χ1) is 7.78. The van der Waals surface area contributed by atoms with Crippen LogP contribution in [0.1, 0.15) is 24.1 Å². The third-order valence-electron chi connectivity index (χ3n) is 2.30. The van der Waals surface area contributed by atoms with Gasteiger partial charge in [-0.15, -0.1) is 0 Å². The molecule has 0 aliphatic carbocycles. The van der Waals surface area contributed by atoms with Crippen LogP contribution in [0, 0.1) is 6.92 Å². The van der Waals surface area contributed by atoms with Crippen molar-refractivity contribution in [2.45, 2.75) is 26.8 Å². The molecule has 2 aromatic heterocycles. The van der Waals surface area contributed by atoms with E-state index in [-0.39, 0.29) is 0 Å². The van der Waals surface area contributed by atoms with Crippen LogP contribution in [-0.4, -0.2) is 19.9 Å². The van der Waals surface area contributed by atoms with Gasteiger partial charge in [0.25, 0.3) is 0 Å². The Morgan fingerprint density at radius 2 is 2.19 bits per heavy atom. The zero-order valence-corrected chi connectivity index (χ0v) is 9.49. The molecule has 0 fully saturated rings. The molecule has 2 aromatic rings. The molecule has 0 aliphatic rings. The molecule has 0 unspecified atom stereocenters. The lowest BCUT2D eigenvalue weighted by atomic mass is 10.4. The molecule has 2 N–H and O–H groups in total. The summed E-state index contributed by atoms with van der Waals surface area (Å²) in [6, 6.07) is 1.91. The fraction of sp³-hybridized carbons (Fsp3) is 0.364. The second-order valence-corrected chi connectivity index (χ2v) is 3.61. The lowest BCUT2D eigenvalue weighted by Crippen LogP contribution is -2.03. The summed E-state index contributed by atoms with van der Waals surface area (Å²) in [5.74, 6) is 1.75. The Balaban J connectivity index is 1.96. The third kappa shape index (κ3) is 2.56. The lowest BCUT2D eigenvalue weighted by molar-refractivity contribution is 0.956. The highest BCUT2D eigenvalue weighted by atomic mass is 15.0. The minimum absolute atomic E-state index is 0.649. The zero-order valence-electron chi connectivity index (χ0n) is 9.49. The van der Waals surface area contributed by atoms with E-state index >= 15 is 0 Å². The SMILES string of the molecule is CCc1cnc(CNc2cc(C)ncn2)[nH]1. The van der Waals surface area contributed by atoms with E-state index in [0.29, 0.717) is 6.54 Å². The summed E-state index contributed by atoms with van der Waals surface area (Å²) in [6.07, 6.45) is 4.39. The van der Waals surface area contributed by atoms with Crippen LogP contribution in [0.2, 0.25) is 0 Å². The van der Waals surface area contributed by atoms with Crippen molar-refractivity contribution in [2.75, 3.05) is 5.32 Å². The number of hydrogen-bond donors (Lipinski definition) is 2. The van der Waals surface area contributed by atoms with E-state index in [1.165, 1.54) is 0 Å². The molecular formula is C11H15N5. The summed E-state index contributed by atoms with van der Waals surface area (Å²) in [5, 5.41) is 3.19. The molecule has 2 heterocycles. The van der Waals surface area contributed by atoms with Gasteiger partial charge >= 0.3 is 0 Å². The van der Waals surface area contributed by atoms with E-state index in [0.717, 1.165) is 29.5 Å².